The lowest BCUT2D eigenvalue weighted by atomic mass is 10.1. The largest absolute Gasteiger partial charge is 0.399 e. The number of imidazole rings is 1. The van der Waals surface area contributed by atoms with Crippen molar-refractivity contribution < 1.29 is 5.11 Å². The second-order valence-corrected chi connectivity index (χ2v) is 5.98. The predicted molar refractivity (Wildman–Crippen MR) is 80.0 cm³/mol. The minimum atomic E-state index is -0.690. The summed E-state index contributed by atoms with van der Waals surface area (Å²) in [5.74, 6) is 0. The molecule has 1 fully saturated rings. The number of anilines is 2. The monoisotopic (exact) mass is 276 g/mol. The number of nitrogens with zero attached hydrogens (tertiary/aromatic N) is 3. The molecule has 1 atom stereocenters. The highest BCUT2D eigenvalue weighted by molar-refractivity contribution is 5.93. The number of β-amino-alcohol motifs (C(OH)–C–C–N with tert-alkyl or cyclic N) is 1. The summed E-state index contributed by atoms with van der Waals surface area (Å²) in [6.07, 6.45) is 0.712. The van der Waals surface area contributed by atoms with Crippen molar-refractivity contribution in [2.45, 2.75) is 18.9 Å². The molecule has 2 aromatic rings. The molecule has 2 heterocycles. The third-order valence-corrected chi connectivity index (χ3v) is 4.16. The summed E-state index contributed by atoms with van der Waals surface area (Å²) < 4.78 is 3.24. The molecule has 1 aromatic carbocycles. The van der Waals surface area contributed by atoms with Crippen LogP contribution in [-0.4, -0.2) is 32.9 Å². The molecule has 108 valence electrons. The van der Waals surface area contributed by atoms with E-state index in [4.69, 9.17) is 5.73 Å². The van der Waals surface area contributed by atoms with Gasteiger partial charge in [0, 0.05) is 32.9 Å². The number of aromatic nitrogens is 2. The van der Waals surface area contributed by atoms with Gasteiger partial charge in [-0.1, -0.05) is 0 Å². The van der Waals surface area contributed by atoms with E-state index in [9.17, 15) is 9.90 Å². The van der Waals surface area contributed by atoms with Gasteiger partial charge in [-0.15, -0.1) is 0 Å². The van der Waals surface area contributed by atoms with Crippen molar-refractivity contribution >= 4 is 22.4 Å². The van der Waals surface area contributed by atoms with Gasteiger partial charge in [-0.05, 0) is 25.5 Å². The van der Waals surface area contributed by atoms with Crippen molar-refractivity contribution in [1.82, 2.24) is 9.13 Å². The standard InChI is InChI=1S/C14H20N4O2/c1-14(20)4-5-18(8-14)11-7-9(15)6-10-12(11)17(3)13(19)16(10)2/h6-7,20H,4-5,8,15H2,1-3H3. The molecule has 0 saturated carbocycles. The Bertz CT molecular complexity index is 742. The molecule has 3 rings (SSSR count). The summed E-state index contributed by atoms with van der Waals surface area (Å²) >= 11 is 0. The van der Waals surface area contributed by atoms with Crippen molar-refractivity contribution in [1.29, 1.82) is 0 Å². The highest BCUT2D eigenvalue weighted by Gasteiger charge is 2.33. The summed E-state index contributed by atoms with van der Waals surface area (Å²) in [6.45, 7) is 3.14. The van der Waals surface area contributed by atoms with Gasteiger partial charge in [0.15, 0.2) is 0 Å². The van der Waals surface area contributed by atoms with Crippen LogP contribution in [0.15, 0.2) is 16.9 Å². The van der Waals surface area contributed by atoms with Crippen LogP contribution in [0.2, 0.25) is 0 Å². The number of hydrogen-bond donors (Lipinski definition) is 2. The normalized spacial score (nSPS) is 22.9. The molecule has 1 aliphatic rings. The first-order valence-electron chi connectivity index (χ1n) is 6.72. The lowest BCUT2D eigenvalue weighted by Gasteiger charge is -2.22. The average Bonchev–Trinajstić information content (AvgIpc) is 2.83. The molecule has 20 heavy (non-hydrogen) atoms. The van der Waals surface area contributed by atoms with E-state index in [1.807, 2.05) is 19.1 Å². The zero-order valence-electron chi connectivity index (χ0n) is 12.1. The van der Waals surface area contributed by atoms with E-state index in [2.05, 4.69) is 4.90 Å². The molecule has 6 nitrogen and oxygen atoms in total. The highest BCUT2D eigenvalue weighted by atomic mass is 16.3. The molecular formula is C14H20N4O2. The maximum absolute atomic E-state index is 12.1. The molecule has 1 unspecified atom stereocenters. The van der Waals surface area contributed by atoms with E-state index in [0.29, 0.717) is 18.7 Å². The number of nitrogen functional groups attached to an aromatic ring is 1. The van der Waals surface area contributed by atoms with Crippen LogP contribution in [0.4, 0.5) is 11.4 Å². The molecule has 1 saturated heterocycles. The fourth-order valence-electron chi connectivity index (χ4n) is 3.04. The van der Waals surface area contributed by atoms with Crippen molar-refractivity contribution in [2.24, 2.45) is 14.1 Å². The van der Waals surface area contributed by atoms with Gasteiger partial charge in [0.05, 0.1) is 22.3 Å². The second kappa shape index (κ2) is 4.02. The maximum atomic E-state index is 12.1. The van der Waals surface area contributed by atoms with Crippen LogP contribution in [0.5, 0.6) is 0 Å². The molecule has 3 N–H and O–H groups in total. The highest BCUT2D eigenvalue weighted by Crippen LogP contribution is 2.33. The topological polar surface area (TPSA) is 76.4 Å². The summed E-state index contributed by atoms with van der Waals surface area (Å²) in [7, 11) is 3.51. The molecule has 0 aliphatic carbocycles. The first-order valence-corrected chi connectivity index (χ1v) is 6.72. The van der Waals surface area contributed by atoms with Crippen LogP contribution in [0.1, 0.15) is 13.3 Å². The van der Waals surface area contributed by atoms with Crippen molar-refractivity contribution in [3.8, 4) is 0 Å². The van der Waals surface area contributed by atoms with Crippen LogP contribution >= 0.6 is 0 Å². The first kappa shape index (κ1) is 13.1. The quantitative estimate of drug-likeness (QED) is 0.740. The SMILES string of the molecule is Cn1c(=O)n(C)c2c(N3CCC(C)(O)C3)cc(N)cc21. The minimum absolute atomic E-state index is 0.0715. The van der Waals surface area contributed by atoms with Gasteiger partial charge < -0.3 is 15.7 Å². The third-order valence-electron chi connectivity index (χ3n) is 4.16. The van der Waals surface area contributed by atoms with E-state index in [-0.39, 0.29) is 5.69 Å². The number of aliphatic hydroxyl groups is 1. The zero-order chi connectivity index (χ0) is 14.7. The minimum Gasteiger partial charge on any atom is -0.399 e. The van der Waals surface area contributed by atoms with Gasteiger partial charge in [-0.2, -0.15) is 0 Å². The Morgan fingerprint density at radius 2 is 2.00 bits per heavy atom. The first-order chi connectivity index (χ1) is 9.30. The number of hydrogen-bond acceptors (Lipinski definition) is 4. The molecule has 6 heteroatoms. The summed E-state index contributed by atoms with van der Waals surface area (Å²) in [5, 5.41) is 10.2. The predicted octanol–water partition coefficient (Wildman–Crippen LogP) is 0.420. The Morgan fingerprint density at radius 3 is 2.60 bits per heavy atom. The van der Waals surface area contributed by atoms with Crippen LogP contribution in [0.3, 0.4) is 0 Å². The summed E-state index contributed by atoms with van der Waals surface area (Å²) in [4.78, 5) is 14.2. The molecule has 0 bridgehead atoms. The zero-order valence-corrected chi connectivity index (χ0v) is 12.1. The van der Waals surface area contributed by atoms with Crippen LogP contribution in [-0.2, 0) is 14.1 Å². The van der Waals surface area contributed by atoms with Gasteiger partial charge in [0.1, 0.15) is 0 Å². The van der Waals surface area contributed by atoms with Crippen LogP contribution in [0.25, 0.3) is 11.0 Å². The smallest absolute Gasteiger partial charge is 0.328 e. The lowest BCUT2D eigenvalue weighted by molar-refractivity contribution is 0.0839. The van der Waals surface area contributed by atoms with E-state index in [1.165, 1.54) is 0 Å². The fraction of sp³-hybridized carbons (Fsp3) is 0.500. The van der Waals surface area contributed by atoms with Crippen molar-refractivity contribution in [2.75, 3.05) is 23.7 Å². The number of rotatable bonds is 1. The van der Waals surface area contributed by atoms with E-state index in [0.717, 1.165) is 23.3 Å². The van der Waals surface area contributed by atoms with E-state index >= 15 is 0 Å². The Morgan fingerprint density at radius 1 is 1.30 bits per heavy atom. The molecule has 1 aromatic heterocycles. The van der Waals surface area contributed by atoms with Gasteiger partial charge in [0.25, 0.3) is 0 Å². The Hall–Kier alpha value is -1.95. The number of aryl methyl sites for hydroxylation is 2. The van der Waals surface area contributed by atoms with Gasteiger partial charge in [0.2, 0.25) is 0 Å². The van der Waals surface area contributed by atoms with E-state index < -0.39 is 5.60 Å². The number of fused-ring (bicyclic) bond motifs is 1. The Kier molecular flexibility index (Phi) is 2.62. The molecule has 0 radical (unpaired) electrons. The lowest BCUT2D eigenvalue weighted by Crippen LogP contribution is -2.30. The number of benzene rings is 1. The summed E-state index contributed by atoms with van der Waals surface area (Å²) in [6, 6.07) is 3.69. The van der Waals surface area contributed by atoms with Gasteiger partial charge in [-0.3, -0.25) is 9.13 Å². The van der Waals surface area contributed by atoms with Crippen molar-refractivity contribution in [3.63, 3.8) is 0 Å². The third kappa shape index (κ3) is 1.79. The molecular weight excluding hydrogens is 256 g/mol. The molecule has 1 aliphatic heterocycles. The fourth-order valence-corrected chi connectivity index (χ4v) is 3.04. The van der Waals surface area contributed by atoms with E-state index in [1.54, 1.807) is 23.2 Å². The Labute approximate surface area is 117 Å². The van der Waals surface area contributed by atoms with Crippen molar-refractivity contribution in [3.05, 3.63) is 22.6 Å². The second-order valence-electron chi connectivity index (χ2n) is 5.98. The molecule has 0 amide bonds. The average molecular weight is 276 g/mol. The Balaban J connectivity index is 2.26. The van der Waals surface area contributed by atoms with Crippen LogP contribution < -0.4 is 16.3 Å². The number of nitrogens with two attached hydrogens (primary N) is 1. The molecule has 0 spiro atoms. The summed E-state index contributed by atoms with van der Waals surface area (Å²) in [5.41, 5.74) is 8.44. The van der Waals surface area contributed by atoms with Crippen LogP contribution in [0, 0.1) is 0 Å². The maximum Gasteiger partial charge on any atom is 0.328 e. The van der Waals surface area contributed by atoms with Gasteiger partial charge in [-0.25, -0.2) is 4.79 Å². The van der Waals surface area contributed by atoms with Gasteiger partial charge >= 0.3 is 5.69 Å².